The van der Waals surface area contributed by atoms with Crippen LogP contribution in [0.2, 0.25) is 0 Å². The first-order valence-electron chi connectivity index (χ1n) is 5.62. The maximum atomic E-state index is 5.33. The highest BCUT2D eigenvalue weighted by molar-refractivity contribution is 5.08. The molecule has 0 radical (unpaired) electrons. The lowest BCUT2D eigenvalue weighted by Gasteiger charge is -2.22. The van der Waals surface area contributed by atoms with Gasteiger partial charge in [-0.3, -0.25) is 4.98 Å². The summed E-state index contributed by atoms with van der Waals surface area (Å²) in [6.07, 6.45) is 6.07. The molecule has 0 spiro atoms. The Hall–Kier alpha value is -0.930. The quantitative estimate of drug-likeness (QED) is 0.812. The van der Waals surface area contributed by atoms with Gasteiger partial charge < -0.3 is 10.1 Å². The molecule has 0 bridgehead atoms. The van der Waals surface area contributed by atoms with Gasteiger partial charge in [0.25, 0.3) is 0 Å². The van der Waals surface area contributed by atoms with E-state index in [0.29, 0.717) is 0 Å². The fourth-order valence-corrected chi connectivity index (χ4v) is 1.87. The van der Waals surface area contributed by atoms with Crippen LogP contribution in [-0.2, 0) is 11.3 Å². The number of nitrogens with zero attached hydrogens (tertiary/aromatic N) is 1. The van der Waals surface area contributed by atoms with E-state index < -0.39 is 0 Å². The van der Waals surface area contributed by atoms with E-state index in [9.17, 15) is 0 Å². The van der Waals surface area contributed by atoms with Crippen LogP contribution >= 0.6 is 0 Å². The second kappa shape index (κ2) is 5.83. The number of hydrogen-bond acceptors (Lipinski definition) is 3. The zero-order valence-electron chi connectivity index (χ0n) is 8.98. The van der Waals surface area contributed by atoms with Crippen LogP contribution in [0.3, 0.4) is 0 Å². The van der Waals surface area contributed by atoms with E-state index in [2.05, 4.69) is 22.4 Å². The molecule has 15 heavy (non-hydrogen) atoms. The average Bonchev–Trinajstić information content (AvgIpc) is 2.32. The van der Waals surface area contributed by atoms with Crippen molar-refractivity contribution in [3.63, 3.8) is 0 Å². The molecule has 2 heterocycles. The fraction of sp³-hybridized carbons (Fsp3) is 0.583. The third kappa shape index (κ3) is 3.61. The van der Waals surface area contributed by atoms with Crippen LogP contribution < -0.4 is 5.32 Å². The second-order valence-electron chi connectivity index (χ2n) is 4.04. The van der Waals surface area contributed by atoms with Gasteiger partial charge in [-0.25, -0.2) is 0 Å². The molecule has 1 aliphatic heterocycles. The van der Waals surface area contributed by atoms with E-state index in [1.165, 1.54) is 18.4 Å². The summed E-state index contributed by atoms with van der Waals surface area (Å²) in [4.78, 5) is 4.00. The van der Waals surface area contributed by atoms with Crippen LogP contribution in [-0.4, -0.2) is 24.7 Å². The molecule has 1 fully saturated rings. The van der Waals surface area contributed by atoms with Crippen LogP contribution in [0.4, 0.5) is 0 Å². The summed E-state index contributed by atoms with van der Waals surface area (Å²) >= 11 is 0. The lowest BCUT2D eigenvalue weighted by molar-refractivity contribution is 0.0662. The Labute approximate surface area is 90.9 Å². The molecule has 0 saturated carbocycles. The predicted octanol–water partition coefficient (Wildman–Crippen LogP) is 1.60. The van der Waals surface area contributed by atoms with Crippen molar-refractivity contribution in [3.8, 4) is 0 Å². The molecule has 0 aliphatic carbocycles. The van der Waals surface area contributed by atoms with E-state index in [1.54, 1.807) is 0 Å². The summed E-state index contributed by atoms with van der Waals surface area (Å²) in [5, 5.41) is 3.49. The van der Waals surface area contributed by atoms with Gasteiger partial charge in [0.15, 0.2) is 0 Å². The van der Waals surface area contributed by atoms with Gasteiger partial charge in [0.05, 0.1) is 0 Å². The third-order valence-corrected chi connectivity index (χ3v) is 2.85. The van der Waals surface area contributed by atoms with Crippen LogP contribution in [0.25, 0.3) is 0 Å². The number of pyridine rings is 1. The molecule has 0 unspecified atom stereocenters. The number of aromatic nitrogens is 1. The highest BCUT2D eigenvalue weighted by Gasteiger charge is 2.12. The van der Waals surface area contributed by atoms with Crippen molar-refractivity contribution in [1.29, 1.82) is 0 Å². The van der Waals surface area contributed by atoms with Crippen LogP contribution in [0.1, 0.15) is 18.4 Å². The highest BCUT2D eigenvalue weighted by Crippen LogP contribution is 2.13. The van der Waals surface area contributed by atoms with Gasteiger partial charge >= 0.3 is 0 Å². The Bertz CT molecular complexity index is 270. The summed E-state index contributed by atoms with van der Waals surface area (Å²) < 4.78 is 5.33. The molecule has 0 atom stereocenters. The predicted molar refractivity (Wildman–Crippen MR) is 59.5 cm³/mol. The van der Waals surface area contributed by atoms with Crippen molar-refractivity contribution in [3.05, 3.63) is 30.1 Å². The normalized spacial score (nSPS) is 17.9. The topological polar surface area (TPSA) is 34.1 Å². The summed E-state index contributed by atoms with van der Waals surface area (Å²) in [5.41, 5.74) is 1.30. The molecule has 3 heteroatoms. The smallest absolute Gasteiger partial charge is 0.0469 e. The van der Waals surface area contributed by atoms with Gasteiger partial charge in [-0.05, 0) is 43.0 Å². The van der Waals surface area contributed by atoms with Crippen LogP contribution in [0, 0.1) is 5.92 Å². The minimum absolute atomic E-state index is 0.792. The van der Waals surface area contributed by atoms with Crippen LogP contribution in [0.15, 0.2) is 24.5 Å². The Morgan fingerprint density at radius 2 is 2.00 bits per heavy atom. The lowest BCUT2D eigenvalue weighted by atomic mass is 10.0. The molecule has 1 aliphatic rings. The van der Waals surface area contributed by atoms with Crippen molar-refractivity contribution >= 4 is 0 Å². The minimum Gasteiger partial charge on any atom is -0.381 e. The lowest BCUT2D eigenvalue weighted by Crippen LogP contribution is -2.27. The molecule has 82 valence electrons. The number of hydrogen-bond donors (Lipinski definition) is 1. The Morgan fingerprint density at radius 1 is 1.27 bits per heavy atom. The molecule has 1 aromatic rings. The largest absolute Gasteiger partial charge is 0.381 e. The first-order chi connectivity index (χ1) is 7.45. The maximum Gasteiger partial charge on any atom is 0.0469 e. The van der Waals surface area contributed by atoms with Crippen LogP contribution in [0.5, 0.6) is 0 Å². The molecular weight excluding hydrogens is 188 g/mol. The third-order valence-electron chi connectivity index (χ3n) is 2.85. The summed E-state index contributed by atoms with van der Waals surface area (Å²) in [6, 6.07) is 4.11. The minimum atomic E-state index is 0.792. The summed E-state index contributed by atoms with van der Waals surface area (Å²) in [6.45, 7) is 3.91. The second-order valence-corrected chi connectivity index (χ2v) is 4.04. The van der Waals surface area contributed by atoms with Gasteiger partial charge in [0, 0.05) is 32.2 Å². The van der Waals surface area contributed by atoms with Crippen molar-refractivity contribution < 1.29 is 4.74 Å². The molecule has 3 nitrogen and oxygen atoms in total. The average molecular weight is 206 g/mol. The molecule has 1 aromatic heterocycles. The van der Waals surface area contributed by atoms with Crippen molar-refractivity contribution in [1.82, 2.24) is 10.3 Å². The highest BCUT2D eigenvalue weighted by atomic mass is 16.5. The molecule has 1 N–H and O–H groups in total. The van der Waals surface area contributed by atoms with Gasteiger partial charge in [-0.2, -0.15) is 0 Å². The Kier molecular flexibility index (Phi) is 4.11. The van der Waals surface area contributed by atoms with Crippen molar-refractivity contribution in [2.24, 2.45) is 5.92 Å². The Morgan fingerprint density at radius 3 is 2.73 bits per heavy atom. The molecule has 0 aromatic carbocycles. The molecule has 2 rings (SSSR count). The van der Waals surface area contributed by atoms with Crippen molar-refractivity contribution in [2.45, 2.75) is 19.4 Å². The van der Waals surface area contributed by atoms with Gasteiger partial charge in [0.1, 0.15) is 0 Å². The zero-order valence-corrected chi connectivity index (χ0v) is 8.98. The molecule has 0 amide bonds. The summed E-state index contributed by atoms with van der Waals surface area (Å²) in [5.74, 6) is 0.792. The molecular formula is C12H18N2O. The zero-order chi connectivity index (χ0) is 10.3. The number of rotatable bonds is 4. The van der Waals surface area contributed by atoms with Gasteiger partial charge in [-0.1, -0.05) is 0 Å². The first-order valence-corrected chi connectivity index (χ1v) is 5.62. The SMILES string of the molecule is c1cc(CNCC2CCOCC2)ccn1. The molecule has 1 saturated heterocycles. The van der Waals surface area contributed by atoms with Gasteiger partial charge in [0.2, 0.25) is 0 Å². The van der Waals surface area contributed by atoms with E-state index in [4.69, 9.17) is 4.74 Å². The number of nitrogens with one attached hydrogen (secondary N) is 1. The van der Waals surface area contributed by atoms with E-state index in [0.717, 1.165) is 32.2 Å². The van der Waals surface area contributed by atoms with E-state index >= 15 is 0 Å². The van der Waals surface area contributed by atoms with Crippen molar-refractivity contribution in [2.75, 3.05) is 19.8 Å². The number of ether oxygens (including phenoxy) is 1. The first kappa shape index (κ1) is 10.6. The standard InChI is InChI=1S/C12H18N2O/c1-5-13-6-2-11(1)9-14-10-12-3-7-15-8-4-12/h1-2,5-6,12,14H,3-4,7-10H2. The monoisotopic (exact) mass is 206 g/mol. The van der Waals surface area contributed by atoms with Gasteiger partial charge in [-0.15, -0.1) is 0 Å². The van der Waals surface area contributed by atoms with E-state index in [-0.39, 0.29) is 0 Å². The Balaban J connectivity index is 1.66. The maximum absolute atomic E-state index is 5.33. The fourth-order valence-electron chi connectivity index (χ4n) is 1.87. The summed E-state index contributed by atoms with van der Waals surface area (Å²) in [7, 11) is 0. The van der Waals surface area contributed by atoms with E-state index in [1.807, 2.05) is 12.4 Å².